The number of unbranched alkanes of at least 4 members (excludes halogenated alkanes) is 1. The van der Waals surface area contributed by atoms with Gasteiger partial charge in [0.25, 0.3) is 0 Å². The maximum Gasteiger partial charge on any atom is 0.166 e. The van der Waals surface area contributed by atoms with Gasteiger partial charge >= 0.3 is 0 Å². The van der Waals surface area contributed by atoms with Gasteiger partial charge in [-0.3, -0.25) is 0 Å². The highest BCUT2D eigenvalue weighted by Crippen LogP contribution is 2.13. The van der Waals surface area contributed by atoms with Crippen LogP contribution in [0.5, 0.6) is 0 Å². The zero-order valence-electron chi connectivity index (χ0n) is 8.26. The van der Waals surface area contributed by atoms with Crippen LogP contribution in [0.4, 0.5) is 0 Å². The van der Waals surface area contributed by atoms with Crippen molar-refractivity contribution in [3.63, 3.8) is 0 Å². The number of aliphatic hydroxyl groups is 2. The Bertz CT molecular complexity index is 144. The molecule has 0 aromatic rings. The van der Waals surface area contributed by atoms with E-state index in [-0.39, 0.29) is 6.29 Å². The third-order valence-corrected chi connectivity index (χ3v) is 2.30. The average molecular weight is 205 g/mol. The zero-order valence-corrected chi connectivity index (χ0v) is 8.26. The highest BCUT2D eigenvalue weighted by Gasteiger charge is 2.15. The molecule has 0 aromatic heterocycles. The molecule has 1 atom stereocenters. The Morgan fingerprint density at radius 2 is 1.86 bits per heavy atom. The molecule has 0 aliphatic carbocycles. The maximum absolute atomic E-state index is 8.71. The molecule has 1 heterocycles. The number of rotatable bonds is 6. The summed E-state index contributed by atoms with van der Waals surface area (Å²) in [5, 5.41) is 17.4. The molecule has 1 aliphatic heterocycles. The van der Waals surface area contributed by atoms with Crippen molar-refractivity contribution in [3.8, 4) is 0 Å². The minimum absolute atomic E-state index is 0.0646. The first kappa shape index (κ1) is 11.9. The minimum Gasteiger partial charge on any atom is -0.367 e. The van der Waals surface area contributed by atoms with Crippen molar-refractivity contribution in [3.05, 3.63) is 0 Å². The van der Waals surface area contributed by atoms with Crippen LogP contribution in [-0.2, 0) is 9.47 Å². The van der Waals surface area contributed by atoms with E-state index in [2.05, 4.69) is 0 Å². The molecular formula is C9H19NO4. The van der Waals surface area contributed by atoms with E-state index >= 15 is 0 Å². The molecule has 1 saturated heterocycles. The molecule has 0 radical (unpaired) electrons. The highest BCUT2D eigenvalue weighted by atomic mass is 16.7. The van der Waals surface area contributed by atoms with Gasteiger partial charge in [0, 0.05) is 0 Å². The lowest BCUT2D eigenvalue weighted by molar-refractivity contribution is -0.0617. The number of hydrogen-bond acceptors (Lipinski definition) is 5. The van der Waals surface area contributed by atoms with Crippen LogP contribution in [0.3, 0.4) is 0 Å². The fourth-order valence-corrected chi connectivity index (χ4v) is 1.41. The summed E-state index contributed by atoms with van der Waals surface area (Å²) in [6, 6.07) is -0.541. The number of nitrogens with two attached hydrogens (primary N) is 1. The van der Waals surface area contributed by atoms with Crippen LogP contribution in [0.25, 0.3) is 0 Å². The van der Waals surface area contributed by atoms with Gasteiger partial charge in [-0.1, -0.05) is 6.42 Å². The summed E-state index contributed by atoms with van der Waals surface area (Å²) in [4.78, 5) is 0. The van der Waals surface area contributed by atoms with E-state index in [4.69, 9.17) is 25.4 Å². The SMILES string of the molecule is NC(CCCCC1OCCO1)C(O)O. The number of aliphatic hydroxyl groups excluding tert-OH is 1. The lowest BCUT2D eigenvalue weighted by Gasteiger charge is -2.13. The molecule has 1 unspecified atom stereocenters. The van der Waals surface area contributed by atoms with Gasteiger partial charge in [-0.25, -0.2) is 0 Å². The molecule has 0 spiro atoms. The van der Waals surface area contributed by atoms with Crippen molar-refractivity contribution in [2.45, 2.75) is 44.3 Å². The van der Waals surface area contributed by atoms with Crippen LogP contribution in [0.2, 0.25) is 0 Å². The van der Waals surface area contributed by atoms with E-state index in [9.17, 15) is 0 Å². The van der Waals surface area contributed by atoms with Crippen LogP contribution in [0.1, 0.15) is 25.7 Å². The van der Waals surface area contributed by atoms with Crippen molar-refractivity contribution in [1.82, 2.24) is 0 Å². The molecule has 1 fully saturated rings. The van der Waals surface area contributed by atoms with Crippen molar-refractivity contribution >= 4 is 0 Å². The van der Waals surface area contributed by atoms with Gasteiger partial charge in [-0.15, -0.1) is 0 Å². The third-order valence-electron chi connectivity index (χ3n) is 2.30. The molecule has 5 heteroatoms. The van der Waals surface area contributed by atoms with E-state index in [1.165, 1.54) is 0 Å². The predicted molar refractivity (Wildman–Crippen MR) is 50.4 cm³/mol. The standard InChI is InChI=1S/C9H19NO4/c10-7(9(11)12)3-1-2-4-8-13-5-6-14-8/h7-9,11-12H,1-6,10H2. The van der Waals surface area contributed by atoms with Crippen LogP contribution >= 0.6 is 0 Å². The monoisotopic (exact) mass is 205 g/mol. The molecular weight excluding hydrogens is 186 g/mol. The number of hydrogen-bond donors (Lipinski definition) is 3. The summed E-state index contributed by atoms with van der Waals surface area (Å²) in [6.45, 7) is 1.36. The molecule has 1 rings (SSSR count). The molecule has 5 nitrogen and oxygen atoms in total. The van der Waals surface area contributed by atoms with E-state index in [1.54, 1.807) is 0 Å². The van der Waals surface area contributed by atoms with E-state index in [1.807, 2.05) is 0 Å². The average Bonchev–Trinajstić information content (AvgIpc) is 2.64. The van der Waals surface area contributed by atoms with Crippen LogP contribution in [-0.4, -0.2) is 42.0 Å². The molecule has 84 valence electrons. The molecule has 0 aromatic carbocycles. The van der Waals surface area contributed by atoms with Crippen LogP contribution < -0.4 is 5.73 Å². The first-order chi connectivity index (χ1) is 6.70. The molecule has 0 bridgehead atoms. The second-order valence-electron chi connectivity index (χ2n) is 3.53. The summed E-state index contributed by atoms with van der Waals surface area (Å²) in [6.07, 6.45) is 1.80. The van der Waals surface area contributed by atoms with Gasteiger partial charge in [-0.2, -0.15) is 0 Å². The van der Waals surface area contributed by atoms with Crippen molar-refractivity contribution in [1.29, 1.82) is 0 Å². The lowest BCUT2D eigenvalue weighted by Crippen LogP contribution is -2.34. The number of ether oxygens (including phenoxy) is 2. The summed E-state index contributed by atoms with van der Waals surface area (Å²) in [5.74, 6) is 0. The summed E-state index contributed by atoms with van der Waals surface area (Å²) < 4.78 is 10.5. The molecule has 0 saturated carbocycles. The van der Waals surface area contributed by atoms with Gasteiger partial charge in [-0.05, 0) is 19.3 Å². The normalized spacial score (nSPS) is 20.6. The highest BCUT2D eigenvalue weighted by molar-refractivity contribution is 4.63. The summed E-state index contributed by atoms with van der Waals surface area (Å²) in [7, 11) is 0. The summed E-state index contributed by atoms with van der Waals surface area (Å²) in [5.41, 5.74) is 5.45. The smallest absolute Gasteiger partial charge is 0.166 e. The summed E-state index contributed by atoms with van der Waals surface area (Å²) >= 11 is 0. The Morgan fingerprint density at radius 1 is 1.21 bits per heavy atom. The second-order valence-corrected chi connectivity index (χ2v) is 3.53. The largest absolute Gasteiger partial charge is 0.367 e. The first-order valence-corrected chi connectivity index (χ1v) is 5.05. The van der Waals surface area contributed by atoms with Gasteiger partial charge in [0.15, 0.2) is 12.6 Å². The topological polar surface area (TPSA) is 84.9 Å². The predicted octanol–water partition coefficient (Wildman–Crippen LogP) is -0.442. The molecule has 4 N–H and O–H groups in total. The Morgan fingerprint density at radius 3 is 2.43 bits per heavy atom. The lowest BCUT2D eigenvalue weighted by atomic mass is 10.1. The zero-order chi connectivity index (χ0) is 10.4. The second kappa shape index (κ2) is 6.31. The first-order valence-electron chi connectivity index (χ1n) is 5.05. The molecule has 0 amide bonds. The minimum atomic E-state index is -1.41. The Balaban J connectivity index is 1.93. The molecule has 14 heavy (non-hydrogen) atoms. The Labute approximate surface area is 83.8 Å². The van der Waals surface area contributed by atoms with Gasteiger partial charge < -0.3 is 25.4 Å². The van der Waals surface area contributed by atoms with E-state index in [0.717, 1.165) is 19.3 Å². The van der Waals surface area contributed by atoms with Gasteiger partial charge in [0.05, 0.1) is 19.3 Å². The fourth-order valence-electron chi connectivity index (χ4n) is 1.41. The Hall–Kier alpha value is -0.200. The Kier molecular flexibility index (Phi) is 5.36. The van der Waals surface area contributed by atoms with Crippen molar-refractivity contribution in [2.24, 2.45) is 5.73 Å². The third kappa shape index (κ3) is 4.34. The quantitative estimate of drug-likeness (QED) is 0.404. The fraction of sp³-hybridized carbons (Fsp3) is 1.00. The van der Waals surface area contributed by atoms with Crippen molar-refractivity contribution < 1.29 is 19.7 Å². The van der Waals surface area contributed by atoms with Crippen molar-refractivity contribution in [2.75, 3.05) is 13.2 Å². The van der Waals surface area contributed by atoms with Crippen LogP contribution in [0, 0.1) is 0 Å². The molecule has 1 aliphatic rings. The van der Waals surface area contributed by atoms with Gasteiger partial charge in [0.1, 0.15) is 0 Å². The maximum atomic E-state index is 8.71. The van der Waals surface area contributed by atoms with E-state index < -0.39 is 12.3 Å². The van der Waals surface area contributed by atoms with Crippen LogP contribution in [0.15, 0.2) is 0 Å². The van der Waals surface area contributed by atoms with Gasteiger partial charge in [0.2, 0.25) is 0 Å². The van der Waals surface area contributed by atoms with E-state index in [0.29, 0.717) is 19.6 Å².